The molecule has 1 unspecified atom stereocenters. The van der Waals surface area contributed by atoms with Gasteiger partial charge in [0.05, 0.1) is 19.8 Å². The van der Waals surface area contributed by atoms with E-state index in [-0.39, 0.29) is 5.41 Å². The molecule has 0 N–H and O–H groups in total. The van der Waals surface area contributed by atoms with Gasteiger partial charge in [0.25, 0.3) is 0 Å². The van der Waals surface area contributed by atoms with Crippen molar-refractivity contribution in [1.82, 2.24) is 19.4 Å². The summed E-state index contributed by atoms with van der Waals surface area (Å²) in [5.41, 5.74) is 0.178. The maximum atomic E-state index is 6.03. The minimum Gasteiger partial charge on any atom is -0.379 e. The lowest BCUT2D eigenvalue weighted by Crippen LogP contribution is -2.50. The predicted octanol–water partition coefficient (Wildman–Crippen LogP) is 1.93. The molecule has 1 spiro atoms. The monoisotopic (exact) mass is 341 g/mol. The lowest BCUT2D eigenvalue weighted by Gasteiger charge is -2.43. The van der Waals surface area contributed by atoms with Crippen molar-refractivity contribution in [2.45, 2.75) is 19.4 Å². The zero-order valence-electron chi connectivity index (χ0n) is 15.0. The average Bonchev–Trinajstić information content (AvgIpc) is 2.92. The van der Waals surface area contributed by atoms with Crippen LogP contribution in [0.5, 0.6) is 0 Å². The normalized spacial score (nSPS) is 25.2. The summed E-state index contributed by atoms with van der Waals surface area (Å²) in [6.07, 6.45) is 8.21. The van der Waals surface area contributed by atoms with Crippen LogP contribution in [-0.4, -0.2) is 58.8 Å². The Morgan fingerprint density at radius 3 is 2.92 bits per heavy atom. The van der Waals surface area contributed by atoms with Crippen molar-refractivity contribution < 1.29 is 4.74 Å². The number of aromatic nitrogens is 3. The van der Waals surface area contributed by atoms with Crippen LogP contribution in [0, 0.1) is 5.41 Å². The van der Waals surface area contributed by atoms with Crippen LogP contribution in [0.1, 0.15) is 18.7 Å². The first-order chi connectivity index (χ1) is 12.2. The third-order valence-corrected chi connectivity index (χ3v) is 5.44. The fourth-order valence-corrected chi connectivity index (χ4v) is 4.17. The van der Waals surface area contributed by atoms with Gasteiger partial charge in [0.1, 0.15) is 11.6 Å². The lowest BCUT2D eigenvalue weighted by molar-refractivity contribution is 0.00967. The third-order valence-electron chi connectivity index (χ3n) is 5.44. The molecule has 0 aromatic carbocycles. The zero-order valence-corrected chi connectivity index (χ0v) is 15.0. The molecule has 0 amide bonds. The van der Waals surface area contributed by atoms with Crippen molar-refractivity contribution in [3.63, 3.8) is 0 Å². The van der Waals surface area contributed by atoms with Crippen molar-refractivity contribution in [2.24, 2.45) is 12.5 Å². The van der Waals surface area contributed by atoms with Crippen molar-refractivity contribution in [3.05, 3.63) is 42.6 Å². The molecule has 25 heavy (non-hydrogen) atoms. The molecule has 1 atom stereocenters. The number of anilines is 1. The van der Waals surface area contributed by atoms with Crippen molar-refractivity contribution >= 4 is 5.82 Å². The Bertz CT molecular complexity index is 688. The number of piperidine rings is 1. The van der Waals surface area contributed by atoms with Crippen LogP contribution < -0.4 is 4.90 Å². The number of hydrogen-bond donors (Lipinski definition) is 0. The quantitative estimate of drug-likeness (QED) is 0.854. The number of aryl methyl sites for hydroxylation is 1. The van der Waals surface area contributed by atoms with Gasteiger partial charge in [-0.2, -0.15) is 0 Å². The van der Waals surface area contributed by atoms with Gasteiger partial charge in [0.15, 0.2) is 0 Å². The number of ether oxygens (including phenoxy) is 1. The molecule has 2 aliphatic rings. The molecule has 2 aromatic heterocycles. The smallest absolute Gasteiger partial charge is 0.128 e. The van der Waals surface area contributed by atoms with Crippen LogP contribution in [0.25, 0.3) is 0 Å². The Labute approximate surface area is 149 Å². The lowest BCUT2D eigenvalue weighted by atomic mass is 9.80. The summed E-state index contributed by atoms with van der Waals surface area (Å²) in [5.74, 6) is 2.20. The highest BCUT2D eigenvalue weighted by Crippen LogP contribution is 2.34. The minimum absolute atomic E-state index is 0.178. The summed E-state index contributed by atoms with van der Waals surface area (Å²) < 4.78 is 8.15. The largest absolute Gasteiger partial charge is 0.379 e. The highest BCUT2D eigenvalue weighted by atomic mass is 16.5. The van der Waals surface area contributed by atoms with Crippen LogP contribution in [0.2, 0.25) is 0 Å². The topological polar surface area (TPSA) is 46.4 Å². The van der Waals surface area contributed by atoms with E-state index in [0.717, 1.165) is 57.6 Å². The van der Waals surface area contributed by atoms with Crippen LogP contribution in [-0.2, 0) is 18.3 Å². The van der Waals surface area contributed by atoms with E-state index in [0.29, 0.717) is 0 Å². The predicted molar refractivity (Wildman–Crippen MR) is 97.4 cm³/mol. The molecule has 0 bridgehead atoms. The number of pyridine rings is 1. The van der Waals surface area contributed by atoms with Gasteiger partial charge < -0.3 is 14.2 Å². The van der Waals surface area contributed by atoms with Gasteiger partial charge in [-0.1, -0.05) is 6.07 Å². The first kappa shape index (κ1) is 16.5. The van der Waals surface area contributed by atoms with Gasteiger partial charge in [-0.3, -0.25) is 4.90 Å². The molecule has 2 aliphatic heterocycles. The first-order valence-corrected chi connectivity index (χ1v) is 9.16. The molecule has 0 saturated carbocycles. The highest BCUT2D eigenvalue weighted by molar-refractivity contribution is 5.38. The van der Waals surface area contributed by atoms with Gasteiger partial charge in [0.2, 0.25) is 0 Å². The second-order valence-electron chi connectivity index (χ2n) is 7.43. The van der Waals surface area contributed by atoms with Gasteiger partial charge in [-0.15, -0.1) is 0 Å². The van der Waals surface area contributed by atoms with Crippen molar-refractivity contribution in [1.29, 1.82) is 0 Å². The SMILES string of the molecule is Cn1ccnc1CN1CCCC2(COCCN(c3ccccn3)C2)C1. The molecule has 4 heterocycles. The number of rotatable bonds is 3. The summed E-state index contributed by atoms with van der Waals surface area (Å²) in [4.78, 5) is 14.0. The number of imidazole rings is 1. The molecule has 2 fully saturated rings. The molecule has 0 radical (unpaired) electrons. The first-order valence-electron chi connectivity index (χ1n) is 9.16. The van der Waals surface area contributed by atoms with Gasteiger partial charge in [-0.05, 0) is 31.5 Å². The molecule has 0 aliphatic carbocycles. The highest BCUT2D eigenvalue weighted by Gasteiger charge is 2.39. The molecule has 134 valence electrons. The van der Waals surface area contributed by atoms with E-state index < -0.39 is 0 Å². The summed E-state index contributed by atoms with van der Waals surface area (Å²) in [6, 6.07) is 6.14. The van der Waals surface area contributed by atoms with E-state index in [1.165, 1.54) is 12.8 Å². The Morgan fingerprint density at radius 1 is 1.16 bits per heavy atom. The summed E-state index contributed by atoms with van der Waals surface area (Å²) in [6.45, 7) is 6.65. The standard InChI is InChI=1S/C19H27N5O/c1-22-10-8-21-18(22)13-23-9-4-6-19(14-23)15-24(11-12-25-16-19)17-5-2-3-7-20-17/h2-3,5,7-8,10H,4,6,9,11-16H2,1H3. The molecule has 2 saturated heterocycles. The third kappa shape index (κ3) is 3.70. The average molecular weight is 341 g/mol. The number of nitrogens with zero attached hydrogens (tertiary/aromatic N) is 5. The van der Waals surface area contributed by atoms with Crippen LogP contribution in [0.15, 0.2) is 36.8 Å². The van der Waals surface area contributed by atoms with Crippen LogP contribution >= 0.6 is 0 Å². The van der Waals surface area contributed by atoms with Gasteiger partial charge in [0, 0.05) is 50.7 Å². The summed E-state index contributed by atoms with van der Waals surface area (Å²) in [5, 5.41) is 0. The Balaban J connectivity index is 1.49. The van der Waals surface area contributed by atoms with E-state index >= 15 is 0 Å². The summed E-state index contributed by atoms with van der Waals surface area (Å²) in [7, 11) is 2.07. The van der Waals surface area contributed by atoms with Gasteiger partial charge in [-0.25, -0.2) is 9.97 Å². The maximum Gasteiger partial charge on any atom is 0.128 e. The molecular formula is C19H27N5O. The Hall–Kier alpha value is -1.92. The van der Waals surface area contributed by atoms with Crippen molar-refractivity contribution in [2.75, 3.05) is 44.3 Å². The number of likely N-dealkylation sites (tertiary alicyclic amines) is 1. The molecule has 2 aromatic rings. The maximum absolute atomic E-state index is 6.03. The van der Waals surface area contributed by atoms with Crippen molar-refractivity contribution in [3.8, 4) is 0 Å². The molecular weight excluding hydrogens is 314 g/mol. The van der Waals surface area contributed by atoms with E-state index in [9.17, 15) is 0 Å². The van der Waals surface area contributed by atoms with E-state index in [4.69, 9.17) is 4.74 Å². The Morgan fingerprint density at radius 2 is 2.12 bits per heavy atom. The second kappa shape index (κ2) is 7.14. The Kier molecular flexibility index (Phi) is 4.72. The molecule has 6 heteroatoms. The van der Waals surface area contributed by atoms with Crippen LogP contribution in [0.4, 0.5) is 5.82 Å². The van der Waals surface area contributed by atoms with Gasteiger partial charge >= 0.3 is 0 Å². The summed E-state index contributed by atoms with van der Waals surface area (Å²) >= 11 is 0. The van der Waals surface area contributed by atoms with Crippen LogP contribution in [0.3, 0.4) is 0 Å². The van der Waals surface area contributed by atoms with E-state index in [1.54, 1.807) is 0 Å². The van der Waals surface area contributed by atoms with E-state index in [1.807, 2.05) is 24.7 Å². The molecule has 4 rings (SSSR count). The number of hydrogen-bond acceptors (Lipinski definition) is 5. The van der Waals surface area contributed by atoms with E-state index in [2.05, 4.69) is 43.5 Å². The fraction of sp³-hybridized carbons (Fsp3) is 0.579. The second-order valence-corrected chi connectivity index (χ2v) is 7.43. The fourth-order valence-electron chi connectivity index (χ4n) is 4.17. The molecule has 6 nitrogen and oxygen atoms in total. The minimum atomic E-state index is 0.178. The zero-order chi connectivity index (χ0) is 17.1.